The van der Waals surface area contributed by atoms with E-state index in [-0.39, 0.29) is 17.9 Å². The fourth-order valence-electron chi connectivity index (χ4n) is 5.79. The summed E-state index contributed by atoms with van der Waals surface area (Å²) < 4.78 is 82.9. The molecule has 0 unspecified atom stereocenters. The summed E-state index contributed by atoms with van der Waals surface area (Å²) in [6, 6.07) is 26.3. The molecule has 6 aromatic carbocycles. The van der Waals surface area contributed by atoms with Crippen LogP contribution in [0.4, 0.5) is 11.4 Å². The third-order valence-electron chi connectivity index (χ3n) is 7.84. The van der Waals surface area contributed by atoms with Crippen molar-refractivity contribution in [2.75, 3.05) is 11.5 Å². The van der Waals surface area contributed by atoms with Crippen LogP contribution < -0.4 is 20.9 Å². The van der Waals surface area contributed by atoms with Gasteiger partial charge in [0.1, 0.15) is 32.8 Å². The fourth-order valence-corrected chi connectivity index (χ4v) is 7.03. The van der Waals surface area contributed by atoms with E-state index >= 15 is 0 Å². The van der Waals surface area contributed by atoms with Gasteiger partial charge in [-0.2, -0.15) is 16.8 Å². The number of ether oxygens (including phenoxy) is 2. The molecule has 0 atom stereocenters. The van der Waals surface area contributed by atoms with Gasteiger partial charge in [-0.3, -0.25) is 9.11 Å². The number of rotatable bonds is 6. The molecule has 0 spiro atoms. The Morgan fingerprint density at radius 2 is 0.889 bits per heavy atom. The molecular weight excluding hydrogens is 617 g/mol. The first-order valence-corrected chi connectivity index (χ1v) is 16.5. The van der Waals surface area contributed by atoms with Crippen molar-refractivity contribution in [3.8, 4) is 34.1 Å². The van der Waals surface area contributed by atoms with Crippen molar-refractivity contribution in [1.82, 2.24) is 0 Å². The van der Waals surface area contributed by atoms with E-state index < -0.39 is 30.0 Å². The van der Waals surface area contributed by atoms with E-state index in [0.717, 1.165) is 0 Å². The third kappa shape index (κ3) is 4.99. The number of fused-ring (bicyclic) bond motifs is 5. The Labute approximate surface area is 257 Å². The molecule has 1 aliphatic carbocycles. The van der Waals surface area contributed by atoms with Gasteiger partial charge in [0.25, 0.3) is 20.2 Å². The Kier molecular flexibility index (Phi) is 6.49. The van der Waals surface area contributed by atoms with E-state index in [0.29, 0.717) is 66.7 Å². The Balaban J connectivity index is 1.35. The van der Waals surface area contributed by atoms with Crippen LogP contribution in [0.5, 0.6) is 23.0 Å². The number of benzene rings is 6. The zero-order chi connectivity index (χ0) is 31.7. The quantitative estimate of drug-likeness (QED) is 0.111. The van der Waals surface area contributed by atoms with Gasteiger partial charge in [-0.15, -0.1) is 0 Å². The minimum Gasteiger partial charge on any atom is -0.455 e. The van der Waals surface area contributed by atoms with Crippen LogP contribution in [-0.4, -0.2) is 25.9 Å². The summed E-state index contributed by atoms with van der Waals surface area (Å²) in [4.78, 5) is -1.03. The Bertz CT molecular complexity index is 2270. The van der Waals surface area contributed by atoms with Crippen molar-refractivity contribution in [3.05, 3.63) is 108 Å². The minimum absolute atomic E-state index is 0.126. The number of hydrogen-bond donors (Lipinski definition) is 4. The maximum Gasteiger partial charge on any atom is 0.298 e. The predicted molar refractivity (Wildman–Crippen MR) is 171 cm³/mol. The highest BCUT2D eigenvalue weighted by Gasteiger charge is 2.30. The van der Waals surface area contributed by atoms with Crippen LogP contribution >= 0.6 is 0 Å². The van der Waals surface area contributed by atoms with Crippen LogP contribution in [0.2, 0.25) is 0 Å². The lowest BCUT2D eigenvalue weighted by Gasteiger charge is -2.15. The first-order chi connectivity index (χ1) is 21.4. The summed E-state index contributed by atoms with van der Waals surface area (Å²) in [7, 11) is -9.61. The lowest BCUT2D eigenvalue weighted by molar-refractivity contribution is 0.451. The molecule has 0 saturated heterocycles. The second kappa shape index (κ2) is 10.2. The third-order valence-corrected chi connectivity index (χ3v) is 9.59. The number of nitrogens with two attached hydrogens (primary N) is 2. The molecule has 0 aliphatic heterocycles. The van der Waals surface area contributed by atoms with Crippen molar-refractivity contribution in [2.24, 2.45) is 0 Å². The van der Waals surface area contributed by atoms with Crippen LogP contribution in [0, 0.1) is 0 Å². The maximum atomic E-state index is 12.6. The van der Waals surface area contributed by atoms with Gasteiger partial charge in [-0.1, -0.05) is 48.5 Å². The molecule has 7 rings (SSSR count). The average molecular weight is 641 g/mol. The fraction of sp³-hybridized carbons (Fsp3) is 0.0303. The Morgan fingerprint density at radius 1 is 0.511 bits per heavy atom. The molecule has 0 bridgehead atoms. The highest BCUT2D eigenvalue weighted by molar-refractivity contribution is 7.86. The molecule has 0 fully saturated rings. The number of hydrogen-bond acceptors (Lipinski definition) is 8. The first-order valence-electron chi connectivity index (χ1n) is 13.6. The molecule has 45 heavy (non-hydrogen) atoms. The first kappa shape index (κ1) is 28.6. The molecule has 226 valence electrons. The molecule has 1 aliphatic rings. The molecule has 12 heteroatoms. The number of nitrogen functional groups attached to an aromatic ring is 2. The van der Waals surface area contributed by atoms with E-state index in [9.17, 15) is 25.9 Å². The molecule has 0 aromatic heterocycles. The summed E-state index contributed by atoms with van der Waals surface area (Å²) in [6.45, 7) is 0. The summed E-state index contributed by atoms with van der Waals surface area (Å²) in [5.74, 6) is 0.387. The van der Waals surface area contributed by atoms with Crippen LogP contribution in [-0.2, 0) is 26.7 Å². The van der Waals surface area contributed by atoms with E-state index in [1.54, 1.807) is 72.8 Å². The largest absolute Gasteiger partial charge is 0.455 e. The topological polar surface area (TPSA) is 179 Å². The molecule has 0 saturated carbocycles. The van der Waals surface area contributed by atoms with Gasteiger partial charge in [-0.25, -0.2) is 0 Å². The maximum absolute atomic E-state index is 12.6. The smallest absolute Gasteiger partial charge is 0.298 e. The Morgan fingerprint density at radius 3 is 1.29 bits per heavy atom. The lowest BCUT2D eigenvalue weighted by atomic mass is 10.1. The van der Waals surface area contributed by atoms with E-state index in [2.05, 4.69) is 0 Å². The van der Waals surface area contributed by atoms with Crippen molar-refractivity contribution < 1.29 is 35.4 Å². The van der Waals surface area contributed by atoms with Crippen LogP contribution in [0.3, 0.4) is 0 Å². The van der Waals surface area contributed by atoms with E-state index in [1.807, 2.05) is 0 Å². The molecular formula is C33H24N2O8S2. The zero-order valence-corrected chi connectivity index (χ0v) is 24.9. The number of anilines is 2. The predicted octanol–water partition coefficient (Wildman–Crippen LogP) is 6.81. The second-order valence-corrected chi connectivity index (χ2v) is 13.4. The molecule has 0 radical (unpaired) electrons. The summed E-state index contributed by atoms with van der Waals surface area (Å²) in [5.41, 5.74) is 15.1. The second-order valence-electron chi connectivity index (χ2n) is 10.6. The average Bonchev–Trinajstić information content (AvgIpc) is 3.33. The van der Waals surface area contributed by atoms with Crippen molar-refractivity contribution in [3.63, 3.8) is 0 Å². The summed E-state index contributed by atoms with van der Waals surface area (Å²) in [6.07, 6.45) is 0.250. The van der Waals surface area contributed by atoms with Gasteiger partial charge >= 0.3 is 0 Å². The molecule has 6 aromatic rings. The van der Waals surface area contributed by atoms with Crippen LogP contribution in [0.25, 0.3) is 32.7 Å². The van der Waals surface area contributed by atoms with Gasteiger partial charge in [-0.05, 0) is 77.2 Å². The molecule has 6 N–H and O–H groups in total. The molecule has 10 nitrogen and oxygen atoms in total. The van der Waals surface area contributed by atoms with Gasteiger partial charge in [0.2, 0.25) is 0 Å². The van der Waals surface area contributed by atoms with Gasteiger partial charge < -0.3 is 20.9 Å². The summed E-state index contributed by atoms with van der Waals surface area (Å²) in [5, 5.41) is 2.68. The zero-order valence-electron chi connectivity index (χ0n) is 23.3. The molecule has 0 amide bonds. The SMILES string of the molecule is Nc1cccc2c(Oc3cc4c(cc3S(=O)(=O)O)-c3cc(S(=O)(=O)O)c(Oc5cccc6c(N)cccc56)cc3C4)cccc12. The highest BCUT2D eigenvalue weighted by Crippen LogP contribution is 2.47. The lowest BCUT2D eigenvalue weighted by Crippen LogP contribution is -2.03. The highest BCUT2D eigenvalue weighted by atomic mass is 32.2. The van der Waals surface area contributed by atoms with Crippen LogP contribution in [0.15, 0.2) is 107 Å². The Hall–Kier alpha value is -5.14. The van der Waals surface area contributed by atoms with Gasteiger partial charge in [0, 0.05) is 32.9 Å². The van der Waals surface area contributed by atoms with Crippen molar-refractivity contribution in [1.29, 1.82) is 0 Å². The monoisotopic (exact) mass is 640 g/mol. The van der Waals surface area contributed by atoms with E-state index in [4.69, 9.17) is 20.9 Å². The van der Waals surface area contributed by atoms with Crippen molar-refractivity contribution >= 4 is 53.2 Å². The van der Waals surface area contributed by atoms with Gasteiger partial charge in [0.05, 0.1) is 0 Å². The van der Waals surface area contributed by atoms with Gasteiger partial charge in [0.15, 0.2) is 0 Å². The van der Waals surface area contributed by atoms with E-state index in [1.165, 1.54) is 24.3 Å². The summed E-state index contributed by atoms with van der Waals surface area (Å²) >= 11 is 0. The standard InChI is InChI=1S/C33H24N2O8S2/c34-26-9-1-7-22-20(26)5-3-11-28(22)42-30-14-18-13-19-15-31(43-29-12-4-6-21-23(29)8-2-10-27(21)35)33(45(39,40)41)17-25(19)24(18)16-32(30)44(36,37)38/h1-12,14-17H,13,34-35H2,(H,36,37,38)(H,39,40,41). The minimum atomic E-state index is -4.80. The van der Waals surface area contributed by atoms with Crippen LogP contribution in [0.1, 0.15) is 11.1 Å². The molecule has 0 heterocycles. The normalized spacial score (nSPS) is 12.7. The van der Waals surface area contributed by atoms with Crippen molar-refractivity contribution in [2.45, 2.75) is 16.2 Å².